The maximum atomic E-state index is 8.99. The Balaban J connectivity index is 1.37. The van der Waals surface area contributed by atoms with Gasteiger partial charge in [-0.25, -0.2) is 15.0 Å². The Morgan fingerprint density at radius 1 is 1.16 bits per heavy atom. The van der Waals surface area contributed by atoms with Crippen molar-refractivity contribution in [2.45, 2.75) is 50.7 Å². The van der Waals surface area contributed by atoms with Crippen LogP contribution in [0.3, 0.4) is 0 Å². The van der Waals surface area contributed by atoms with Crippen molar-refractivity contribution < 1.29 is 14.2 Å². The second-order valence-corrected chi connectivity index (χ2v) is 8.72. The van der Waals surface area contributed by atoms with Gasteiger partial charge in [0.1, 0.15) is 30.2 Å². The summed E-state index contributed by atoms with van der Waals surface area (Å²) in [5.74, 6) is -0.392. The van der Waals surface area contributed by atoms with Crippen LogP contribution in [0.5, 0.6) is 0 Å². The van der Waals surface area contributed by atoms with E-state index in [4.69, 9.17) is 25.2 Å². The van der Waals surface area contributed by atoms with E-state index in [0.29, 0.717) is 29.1 Å². The Kier molecular flexibility index (Phi) is 5.06. The van der Waals surface area contributed by atoms with Crippen LogP contribution >= 0.6 is 0 Å². The molecule has 0 saturated carbocycles. The highest BCUT2D eigenvalue weighted by molar-refractivity contribution is 5.81. The molecule has 5 rings (SSSR count). The van der Waals surface area contributed by atoms with Gasteiger partial charge in [0.15, 0.2) is 23.5 Å². The Labute approximate surface area is 185 Å². The highest BCUT2D eigenvalue weighted by Crippen LogP contribution is 2.44. The number of fused-ring (bicyclic) bond motifs is 2. The van der Waals surface area contributed by atoms with E-state index in [1.165, 1.54) is 6.33 Å². The first-order valence-corrected chi connectivity index (χ1v) is 10.5. The van der Waals surface area contributed by atoms with Crippen LogP contribution in [0.1, 0.15) is 31.2 Å². The monoisotopic (exact) mass is 435 g/mol. The SMILES string of the molecule is CN(Cc1ccc(C#N)cc1)C[C@H]1O[C@@H](n2cnc3c(N)ncnc32)[C@@H]2OC(C)(C)O[C@@H]21. The number of likely N-dealkylation sites (N-methyl/N-ethyl adjacent to an activating group) is 1. The average Bonchev–Trinajstić information content (AvgIpc) is 3.41. The van der Waals surface area contributed by atoms with Crippen LogP contribution in [0, 0.1) is 11.3 Å². The fourth-order valence-corrected chi connectivity index (χ4v) is 4.45. The van der Waals surface area contributed by atoms with Crippen molar-refractivity contribution in [1.29, 1.82) is 5.26 Å². The number of imidazole rings is 1. The Hall–Kier alpha value is -3.10. The molecule has 0 bridgehead atoms. The summed E-state index contributed by atoms with van der Waals surface area (Å²) in [6.45, 7) is 5.18. The second-order valence-electron chi connectivity index (χ2n) is 8.72. The summed E-state index contributed by atoms with van der Waals surface area (Å²) in [4.78, 5) is 14.9. The molecule has 166 valence electrons. The third-order valence-electron chi connectivity index (χ3n) is 5.81. The zero-order chi connectivity index (χ0) is 22.5. The fourth-order valence-electron chi connectivity index (χ4n) is 4.45. The van der Waals surface area contributed by atoms with Gasteiger partial charge >= 0.3 is 0 Å². The molecule has 0 unspecified atom stereocenters. The molecule has 1 aromatic carbocycles. The highest BCUT2D eigenvalue weighted by atomic mass is 16.8. The summed E-state index contributed by atoms with van der Waals surface area (Å²) in [7, 11) is 2.03. The molecule has 2 saturated heterocycles. The van der Waals surface area contributed by atoms with Gasteiger partial charge in [-0.05, 0) is 38.6 Å². The third kappa shape index (κ3) is 3.69. The smallest absolute Gasteiger partial charge is 0.167 e. The molecule has 4 atom stereocenters. The summed E-state index contributed by atoms with van der Waals surface area (Å²) in [6.07, 6.45) is 1.86. The van der Waals surface area contributed by atoms with Crippen molar-refractivity contribution >= 4 is 17.0 Å². The predicted molar refractivity (Wildman–Crippen MR) is 115 cm³/mol. The average molecular weight is 435 g/mol. The number of nitrogens with zero attached hydrogens (tertiary/aromatic N) is 6. The maximum Gasteiger partial charge on any atom is 0.167 e. The van der Waals surface area contributed by atoms with E-state index in [1.54, 1.807) is 6.33 Å². The molecule has 2 fully saturated rings. The van der Waals surface area contributed by atoms with Crippen LogP contribution in [-0.4, -0.2) is 62.1 Å². The quantitative estimate of drug-likeness (QED) is 0.639. The van der Waals surface area contributed by atoms with Crippen LogP contribution in [-0.2, 0) is 20.8 Å². The largest absolute Gasteiger partial charge is 0.382 e. The molecule has 2 aliphatic rings. The molecule has 0 spiro atoms. The van der Waals surface area contributed by atoms with Gasteiger partial charge in [-0.15, -0.1) is 0 Å². The maximum absolute atomic E-state index is 8.99. The first-order valence-electron chi connectivity index (χ1n) is 10.5. The zero-order valence-corrected chi connectivity index (χ0v) is 18.2. The van der Waals surface area contributed by atoms with E-state index in [2.05, 4.69) is 25.9 Å². The van der Waals surface area contributed by atoms with E-state index in [1.807, 2.05) is 49.7 Å². The highest BCUT2D eigenvalue weighted by Gasteiger charge is 2.56. The van der Waals surface area contributed by atoms with Crippen molar-refractivity contribution in [2.24, 2.45) is 0 Å². The normalized spacial score (nSPS) is 26.5. The molecule has 2 aromatic heterocycles. The van der Waals surface area contributed by atoms with Crippen molar-refractivity contribution in [3.63, 3.8) is 0 Å². The second kappa shape index (κ2) is 7.79. The number of nitriles is 1. The topological polar surface area (TPSA) is 124 Å². The molecule has 10 nitrogen and oxygen atoms in total. The lowest BCUT2D eigenvalue weighted by Crippen LogP contribution is -2.38. The van der Waals surface area contributed by atoms with E-state index in [0.717, 1.165) is 12.1 Å². The van der Waals surface area contributed by atoms with Gasteiger partial charge in [0.25, 0.3) is 0 Å². The van der Waals surface area contributed by atoms with Gasteiger partial charge in [0.05, 0.1) is 18.0 Å². The van der Waals surface area contributed by atoms with E-state index < -0.39 is 12.0 Å². The summed E-state index contributed by atoms with van der Waals surface area (Å²) in [6, 6.07) is 9.74. The fraction of sp³-hybridized carbons (Fsp3) is 0.455. The predicted octanol–water partition coefficient (Wildman–Crippen LogP) is 1.83. The number of benzene rings is 1. The first-order chi connectivity index (χ1) is 15.3. The minimum absolute atomic E-state index is 0.216. The molecular weight excluding hydrogens is 410 g/mol. The Morgan fingerprint density at radius 3 is 2.66 bits per heavy atom. The third-order valence-corrected chi connectivity index (χ3v) is 5.81. The number of hydrogen-bond acceptors (Lipinski definition) is 9. The molecule has 2 aliphatic heterocycles. The van der Waals surface area contributed by atoms with Gasteiger partial charge in [-0.3, -0.25) is 9.47 Å². The van der Waals surface area contributed by atoms with Crippen LogP contribution in [0.15, 0.2) is 36.9 Å². The minimum atomic E-state index is -0.717. The summed E-state index contributed by atoms with van der Waals surface area (Å²) in [5, 5.41) is 8.99. The van der Waals surface area contributed by atoms with Gasteiger partial charge in [0.2, 0.25) is 0 Å². The zero-order valence-electron chi connectivity index (χ0n) is 18.2. The standard InChI is InChI=1S/C22H25N7O3/c1-22(2)31-17-15(10-28(3)9-14-6-4-13(8-23)5-7-14)30-21(18(17)32-22)29-12-27-16-19(24)25-11-26-20(16)29/h4-7,11-12,15,17-18,21H,9-10H2,1-3H3,(H2,24,25,26)/t15-,17-,18-,21-/m1/s1. The number of hydrogen-bond donors (Lipinski definition) is 1. The number of nitrogens with two attached hydrogens (primary N) is 1. The first kappa shape index (κ1) is 20.8. The van der Waals surface area contributed by atoms with E-state index >= 15 is 0 Å². The Morgan fingerprint density at radius 2 is 1.91 bits per heavy atom. The minimum Gasteiger partial charge on any atom is -0.382 e. The lowest BCUT2D eigenvalue weighted by molar-refractivity contribution is -0.197. The molecule has 2 N–H and O–H groups in total. The molecule has 10 heteroatoms. The molecule has 32 heavy (non-hydrogen) atoms. The van der Waals surface area contributed by atoms with Gasteiger partial charge in [0, 0.05) is 13.1 Å². The van der Waals surface area contributed by atoms with Crippen LogP contribution in [0.4, 0.5) is 5.82 Å². The van der Waals surface area contributed by atoms with Crippen molar-refractivity contribution in [1.82, 2.24) is 24.4 Å². The lowest BCUT2D eigenvalue weighted by atomic mass is 10.1. The lowest BCUT2D eigenvalue weighted by Gasteiger charge is -2.27. The molecule has 0 aliphatic carbocycles. The van der Waals surface area contributed by atoms with Crippen molar-refractivity contribution in [3.8, 4) is 6.07 Å². The molecule has 4 heterocycles. The van der Waals surface area contributed by atoms with E-state index in [9.17, 15) is 0 Å². The molecular formula is C22H25N7O3. The van der Waals surface area contributed by atoms with E-state index in [-0.39, 0.29) is 18.3 Å². The number of anilines is 1. The van der Waals surface area contributed by atoms with Gasteiger partial charge < -0.3 is 19.9 Å². The number of rotatable bonds is 5. The van der Waals surface area contributed by atoms with Gasteiger partial charge in [-0.2, -0.15) is 5.26 Å². The molecule has 0 radical (unpaired) electrons. The summed E-state index contributed by atoms with van der Waals surface area (Å²) >= 11 is 0. The summed E-state index contributed by atoms with van der Waals surface area (Å²) < 4.78 is 20.7. The molecule has 3 aromatic rings. The van der Waals surface area contributed by atoms with Crippen molar-refractivity contribution in [3.05, 3.63) is 48.0 Å². The van der Waals surface area contributed by atoms with Crippen LogP contribution in [0.2, 0.25) is 0 Å². The molecule has 0 amide bonds. The van der Waals surface area contributed by atoms with Crippen LogP contribution in [0.25, 0.3) is 11.2 Å². The van der Waals surface area contributed by atoms with Gasteiger partial charge in [-0.1, -0.05) is 12.1 Å². The number of aromatic nitrogens is 4. The van der Waals surface area contributed by atoms with Crippen LogP contribution < -0.4 is 5.73 Å². The van der Waals surface area contributed by atoms with Crippen molar-refractivity contribution in [2.75, 3.05) is 19.3 Å². The summed E-state index contributed by atoms with van der Waals surface area (Å²) in [5.41, 5.74) is 8.86. The number of ether oxygens (including phenoxy) is 3. The Bertz CT molecular complexity index is 1170. The number of nitrogen functional groups attached to an aromatic ring is 1.